The van der Waals surface area contributed by atoms with E-state index in [2.05, 4.69) is 10.6 Å². The smallest absolute Gasteiger partial charge is 0.404 e. The van der Waals surface area contributed by atoms with Crippen LogP contribution in [0.5, 0.6) is 5.75 Å². The van der Waals surface area contributed by atoms with Gasteiger partial charge in [-0.3, -0.25) is 28.8 Å². The van der Waals surface area contributed by atoms with Gasteiger partial charge >= 0.3 is 30.0 Å². The number of nitrogens with one attached hydrogen (secondary N) is 2. The highest BCUT2D eigenvalue weighted by Gasteiger charge is 2.72. The van der Waals surface area contributed by atoms with Crippen LogP contribution in [0.1, 0.15) is 34.6 Å². The molecule has 0 saturated carbocycles. The van der Waals surface area contributed by atoms with E-state index in [1.807, 2.05) is 0 Å². The van der Waals surface area contributed by atoms with Crippen LogP contribution in [0.2, 0.25) is 0 Å². The lowest BCUT2D eigenvalue weighted by atomic mass is 9.82. The van der Waals surface area contributed by atoms with Gasteiger partial charge in [0.1, 0.15) is 25.1 Å². The molecule has 0 radical (unpaired) electrons. The Morgan fingerprint density at radius 1 is 0.889 bits per heavy atom. The first kappa shape index (κ1) is 38.2. The molecule has 0 spiro atoms. The third-order valence-corrected chi connectivity index (χ3v) is 9.75. The van der Waals surface area contributed by atoms with E-state index >= 15 is 0 Å². The maximum atomic E-state index is 14.2. The Morgan fingerprint density at radius 2 is 1.52 bits per heavy atom. The summed E-state index contributed by atoms with van der Waals surface area (Å²) < 4.78 is 44.6. The van der Waals surface area contributed by atoms with Crippen LogP contribution in [0.4, 0.5) is 10.5 Å². The van der Waals surface area contributed by atoms with Crippen LogP contribution < -0.4 is 21.1 Å². The van der Waals surface area contributed by atoms with Gasteiger partial charge in [0.2, 0.25) is 24.0 Å². The van der Waals surface area contributed by atoms with Gasteiger partial charge in [-0.05, 0) is 31.2 Å². The second-order valence-electron chi connectivity index (χ2n) is 13.3. The summed E-state index contributed by atoms with van der Waals surface area (Å²) in [5.41, 5.74) is 5.02. The third-order valence-electron chi connectivity index (χ3n) is 9.75. The van der Waals surface area contributed by atoms with Gasteiger partial charge in [0.05, 0.1) is 23.4 Å². The van der Waals surface area contributed by atoms with Crippen LogP contribution >= 0.6 is 0 Å². The number of carbonyl (C=O) groups is 7. The standard InChI is InChI=1S/C35H40N4O15/c1-14-25(28(45)24-21(12-49-34(36)46)35(47-6)32-22(38-32)11-39(35)26(24)27(14)44)37-19-7-9-20(10-8-19)53-33-31(52-18(5)43)30(51-17(4)42)29(50-16(3)41)23(54-33)13-48-15(2)40/h7-10,21-23,29-33,37-38H,11-13H2,1-6H3,(H2,36,46)/t21-,22+,23-,29-,30+,31-,32+,33-,35-/m1/s1. The quantitative estimate of drug-likeness (QED) is 0.109. The molecule has 0 aromatic heterocycles. The number of esters is 4. The van der Waals surface area contributed by atoms with Crippen molar-refractivity contribution in [2.45, 2.75) is 83.1 Å². The predicted octanol–water partition coefficient (Wildman–Crippen LogP) is -0.0359. The maximum Gasteiger partial charge on any atom is 0.404 e. The van der Waals surface area contributed by atoms with Crippen molar-refractivity contribution < 1.29 is 71.5 Å². The SMILES string of the molecule is CO[C@@]12[C@H](COC(N)=O)C3=C(C(=O)C(C)=C(Nc4ccc(O[C@@H]5O[C@H](COC(C)=O)[C@@H](OC(C)=O)[C@H](OC(C)=O)[C@H]5OC(C)=O)cc4)C3=O)N1C[C@@H]1N[C@@H]12. The molecule has 54 heavy (non-hydrogen) atoms. The van der Waals surface area contributed by atoms with Gasteiger partial charge < -0.3 is 59.2 Å². The zero-order valence-corrected chi connectivity index (χ0v) is 30.2. The van der Waals surface area contributed by atoms with Crippen LogP contribution in [0.25, 0.3) is 0 Å². The molecule has 290 valence electrons. The molecule has 5 aliphatic rings. The summed E-state index contributed by atoms with van der Waals surface area (Å²) in [6.45, 7) is 5.71. The zero-order chi connectivity index (χ0) is 39.2. The molecule has 1 aromatic rings. The van der Waals surface area contributed by atoms with Crippen molar-refractivity contribution in [3.05, 3.63) is 46.8 Å². The highest BCUT2D eigenvalue weighted by Crippen LogP contribution is 2.55. The maximum absolute atomic E-state index is 14.2. The first-order valence-corrected chi connectivity index (χ1v) is 17.0. The number of ether oxygens (including phenoxy) is 8. The molecule has 4 heterocycles. The molecule has 4 N–H and O–H groups in total. The average Bonchev–Trinajstić information content (AvgIpc) is 3.71. The number of allylic oxidation sites excluding steroid dienone is 2. The van der Waals surface area contributed by atoms with E-state index in [0.29, 0.717) is 12.2 Å². The predicted molar refractivity (Wildman–Crippen MR) is 179 cm³/mol. The number of nitrogens with zero attached hydrogens (tertiary/aromatic N) is 1. The number of hydrogen-bond acceptors (Lipinski definition) is 18. The first-order valence-electron chi connectivity index (χ1n) is 17.0. The molecular formula is C35H40N4O15. The minimum absolute atomic E-state index is 0.00353. The lowest BCUT2D eigenvalue weighted by Crippen LogP contribution is -2.63. The third kappa shape index (κ3) is 6.96. The zero-order valence-electron chi connectivity index (χ0n) is 30.2. The molecular weight excluding hydrogens is 716 g/mol. The summed E-state index contributed by atoms with van der Waals surface area (Å²) in [7, 11) is 1.48. The van der Waals surface area contributed by atoms with Crippen molar-refractivity contribution in [3.63, 3.8) is 0 Å². The number of Topliss-reactive ketones (excluding diaryl/α,β-unsaturated/α-hetero) is 2. The molecule has 9 atom stereocenters. The summed E-state index contributed by atoms with van der Waals surface area (Å²) in [5, 5.41) is 6.34. The van der Waals surface area contributed by atoms with Gasteiger partial charge in [0.25, 0.3) is 0 Å². The summed E-state index contributed by atoms with van der Waals surface area (Å²) in [6, 6.07) is 5.88. The number of piperazine rings is 1. The summed E-state index contributed by atoms with van der Waals surface area (Å²) in [6.07, 6.45) is -7.96. The van der Waals surface area contributed by atoms with Crippen molar-refractivity contribution >= 4 is 47.2 Å². The number of nitrogens with two attached hydrogens (primary N) is 1. The van der Waals surface area contributed by atoms with Crippen molar-refractivity contribution in [2.24, 2.45) is 11.7 Å². The van der Waals surface area contributed by atoms with Crippen LogP contribution in [0.3, 0.4) is 0 Å². The van der Waals surface area contributed by atoms with E-state index in [4.69, 9.17) is 43.6 Å². The molecule has 1 aliphatic carbocycles. The number of ketones is 2. The number of rotatable bonds is 12. The molecule has 0 bridgehead atoms. The Kier molecular flexibility index (Phi) is 10.4. The second kappa shape index (κ2) is 14.7. The Bertz CT molecular complexity index is 1840. The Balaban J connectivity index is 1.24. The van der Waals surface area contributed by atoms with Crippen molar-refractivity contribution in [2.75, 3.05) is 32.2 Å². The van der Waals surface area contributed by atoms with Crippen LogP contribution in [0, 0.1) is 5.92 Å². The van der Waals surface area contributed by atoms with Crippen molar-refractivity contribution in [1.29, 1.82) is 0 Å². The molecule has 6 rings (SSSR count). The number of amides is 1. The van der Waals surface area contributed by atoms with Crippen LogP contribution in [-0.4, -0.2) is 122 Å². The number of fused-ring (bicyclic) bond motifs is 4. The van der Waals surface area contributed by atoms with E-state index in [9.17, 15) is 33.6 Å². The molecule has 1 amide bonds. The molecule has 1 aromatic carbocycles. The number of methoxy groups -OCH3 is 1. The summed E-state index contributed by atoms with van der Waals surface area (Å²) in [5.74, 6) is -4.58. The molecule has 0 unspecified atom stereocenters. The lowest BCUT2D eigenvalue weighted by Gasteiger charge is -2.43. The minimum atomic E-state index is -1.47. The van der Waals surface area contributed by atoms with E-state index in [1.54, 1.807) is 17.0 Å². The number of anilines is 1. The van der Waals surface area contributed by atoms with E-state index in [1.165, 1.54) is 26.2 Å². The Morgan fingerprint density at radius 3 is 2.11 bits per heavy atom. The highest BCUT2D eigenvalue weighted by atomic mass is 16.7. The Labute approximate surface area is 308 Å². The van der Waals surface area contributed by atoms with Gasteiger partial charge in [0.15, 0.2) is 17.9 Å². The number of carbonyl (C=O) groups excluding carboxylic acids is 7. The van der Waals surface area contributed by atoms with E-state index in [-0.39, 0.29) is 52.8 Å². The molecule has 4 aliphatic heterocycles. The van der Waals surface area contributed by atoms with Gasteiger partial charge in [-0.15, -0.1) is 0 Å². The normalized spacial score (nSPS) is 30.8. The fourth-order valence-corrected chi connectivity index (χ4v) is 7.62. The largest absolute Gasteiger partial charge is 0.463 e. The van der Waals surface area contributed by atoms with Gasteiger partial charge in [-0.25, -0.2) is 4.79 Å². The molecule has 3 saturated heterocycles. The van der Waals surface area contributed by atoms with Crippen LogP contribution in [0.15, 0.2) is 46.8 Å². The number of primary amides is 1. The van der Waals surface area contributed by atoms with E-state index in [0.717, 1.165) is 27.7 Å². The number of hydrogen-bond donors (Lipinski definition) is 3. The monoisotopic (exact) mass is 756 g/mol. The first-order chi connectivity index (χ1) is 25.6. The van der Waals surface area contributed by atoms with Crippen molar-refractivity contribution in [1.82, 2.24) is 10.2 Å². The second-order valence-corrected chi connectivity index (χ2v) is 13.3. The fraction of sp³-hybridized carbons (Fsp3) is 0.514. The summed E-state index contributed by atoms with van der Waals surface area (Å²) >= 11 is 0. The van der Waals surface area contributed by atoms with E-state index < -0.39 is 84.7 Å². The van der Waals surface area contributed by atoms with Crippen LogP contribution in [-0.2, 0) is 61.9 Å². The lowest BCUT2D eigenvalue weighted by molar-refractivity contribution is -0.288. The van der Waals surface area contributed by atoms with Gasteiger partial charge in [0, 0.05) is 64.2 Å². The highest BCUT2D eigenvalue weighted by molar-refractivity contribution is 6.26. The van der Waals surface area contributed by atoms with Crippen molar-refractivity contribution in [3.8, 4) is 5.75 Å². The molecule has 19 heteroatoms. The molecule has 3 fully saturated rings. The molecule has 19 nitrogen and oxygen atoms in total. The van der Waals surface area contributed by atoms with Gasteiger partial charge in [-0.1, -0.05) is 0 Å². The average molecular weight is 757 g/mol. The topological polar surface area (TPSA) is 257 Å². The fourth-order valence-electron chi connectivity index (χ4n) is 7.62. The minimum Gasteiger partial charge on any atom is -0.463 e. The number of benzene rings is 1. The Hall–Kier alpha value is -5.53. The summed E-state index contributed by atoms with van der Waals surface area (Å²) in [4.78, 5) is 89.6. The van der Waals surface area contributed by atoms with Gasteiger partial charge in [-0.2, -0.15) is 0 Å².